The Labute approximate surface area is 119 Å². The molecule has 0 radical (unpaired) electrons. The smallest absolute Gasteiger partial charge is 0.162 e. The number of nitrogens with zero attached hydrogens (tertiary/aromatic N) is 2. The van der Waals surface area contributed by atoms with Crippen LogP contribution in [0.4, 0.5) is 19.0 Å². The number of aromatic amines is 1. The van der Waals surface area contributed by atoms with E-state index in [9.17, 15) is 13.2 Å². The van der Waals surface area contributed by atoms with Crippen molar-refractivity contribution >= 4 is 5.82 Å². The van der Waals surface area contributed by atoms with Crippen LogP contribution >= 0.6 is 0 Å². The fraction of sp³-hybridized carbons (Fsp3) is 0.357. The summed E-state index contributed by atoms with van der Waals surface area (Å²) in [5, 5.41) is 6.49. The molecule has 1 aromatic heterocycles. The number of aromatic nitrogens is 2. The topological polar surface area (TPSA) is 57.9 Å². The van der Waals surface area contributed by atoms with Crippen LogP contribution in [0, 0.1) is 17.5 Å². The van der Waals surface area contributed by atoms with E-state index in [2.05, 4.69) is 15.1 Å². The first kappa shape index (κ1) is 13.9. The first-order valence-electron chi connectivity index (χ1n) is 6.69. The number of halogens is 3. The Balaban J connectivity index is 1.74. The molecular weight excluding hydrogens is 281 g/mol. The molecule has 0 amide bonds. The van der Waals surface area contributed by atoms with Crippen LogP contribution in [0.3, 0.4) is 0 Å². The summed E-state index contributed by atoms with van der Waals surface area (Å²) in [5.41, 5.74) is 6.69. The van der Waals surface area contributed by atoms with Crippen LogP contribution in [-0.4, -0.2) is 28.2 Å². The number of nitrogen functional groups attached to an aromatic ring is 1. The van der Waals surface area contributed by atoms with Gasteiger partial charge in [0.1, 0.15) is 11.6 Å². The zero-order chi connectivity index (χ0) is 15.0. The van der Waals surface area contributed by atoms with Crippen molar-refractivity contribution in [3.8, 4) is 0 Å². The molecule has 0 spiro atoms. The lowest BCUT2D eigenvalue weighted by atomic mass is 9.97. The first-order chi connectivity index (χ1) is 10.0. The maximum Gasteiger partial charge on any atom is 0.162 e. The Bertz CT molecular complexity index is 656. The largest absolute Gasteiger partial charge is 0.384 e. The zero-order valence-corrected chi connectivity index (χ0v) is 11.2. The van der Waals surface area contributed by atoms with E-state index in [4.69, 9.17) is 5.73 Å². The van der Waals surface area contributed by atoms with Crippen molar-refractivity contribution in [2.24, 2.45) is 0 Å². The highest BCUT2D eigenvalue weighted by Crippen LogP contribution is 2.31. The van der Waals surface area contributed by atoms with E-state index in [0.29, 0.717) is 37.9 Å². The summed E-state index contributed by atoms with van der Waals surface area (Å²) in [5.74, 6) is -2.56. The molecule has 1 aliphatic heterocycles. The van der Waals surface area contributed by atoms with Crippen LogP contribution < -0.4 is 5.73 Å². The van der Waals surface area contributed by atoms with Gasteiger partial charge in [-0.2, -0.15) is 5.10 Å². The summed E-state index contributed by atoms with van der Waals surface area (Å²) in [7, 11) is 0. The monoisotopic (exact) mass is 296 g/mol. The minimum atomic E-state index is -1.14. The van der Waals surface area contributed by atoms with E-state index in [1.807, 2.05) is 0 Å². The third-order valence-corrected chi connectivity index (χ3v) is 3.88. The summed E-state index contributed by atoms with van der Waals surface area (Å²) in [6.07, 6.45) is 2.29. The van der Waals surface area contributed by atoms with Gasteiger partial charge >= 0.3 is 0 Å². The second kappa shape index (κ2) is 5.40. The average Bonchev–Trinajstić information content (AvgIpc) is 3.05. The predicted octanol–water partition coefficient (Wildman–Crippen LogP) is 2.40. The van der Waals surface area contributed by atoms with Gasteiger partial charge in [-0.25, -0.2) is 13.2 Å². The van der Waals surface area contributed by atoms with E-state index in [-0.39, 0.29) is 11.5 Å². The summed E-state index contributed by atoms with van der Waals surface area (Å²) >= 11 is 0. The standard InChI is InChI=1S/C14H15F3N4/c15-10-3-11(13(17)12(16)4-10)8-1-2-21(6-8)7-9-5-19-20-14(9)18/h3-5,8H,1-2,6-7H2,(H3,18,19,20). The molecular formula is C14H15F3N4. The Kier molecular flexibility index (Phi) is 3.59. The molecule has 1 fully saturated rings. The number of hydrogen-bond donors (Lipinski definition) is 2. The van der Waals surface area contributed by atoms with E-state index >= 15 is 0 Å². The van der Waals surface area contributed by atoms with E-state index < -0.39 is 17.5 Å². The Hall–Kier alpha value is -2.02. The molecule has 7 heteroatoms. The molecule has 2 aromatic rings. The van der Waals surface area contributed by atoms with Crippen LogP contribution in [0.1, 0.15) is 23.5 Å². The second-order valence-electron chi connectivity index (χ2n) is 5.32. The van der Waals surface area contributed by atoms with E-state index in [1.54, 1.807) is 6.20 Å². The molecule has 1 unspecified atom stereocenters. The molecule has 1 aromatic carbocycles. The number of anilines is 1. The average molecular weight is 296 g/mol. The molecule has 112 valence electrons. The minimum Gasteiger partial charge on any atom is -0.384 e. The normalized spacial score (nSPS) is 19.3. The number of H-pyrrole nitrogens is 1. The molecule has 3 N–H and O–H groups in total. The van der Waals surface area contributed by atoms with Gasteiger partial charge in [-0.15, -0.1) is 0 Å². The Morgan fingerprint density at radius 3 is 2.86 bits per heavy atom. The quantitative estimate of drug-likeness (QED) is 0.855. The van der Waals surface area contributed by atoms with Gasteiger partial charge in [0.25, 0.3) is 0 Å². The van der Waals surface area contributed by atoms with Gasteiger partial charge in [0, 0.05) is 30.6 Å². The molecule has 3 rings (SSSR count). The molecule has 1 aliphatic rings. The molecule has 1 atom stereocenters. The lowest BCUT2D eigenvalue weighted by Gasteiger charge is -2.16. The molecule has 21 heavy (non-hydrogen) atoms. The van der Waals surface area contributed by atoms with Crippen molar-refractivity contribution in [3.05, 3.63) is 46.9 Å². The second-order valence-corrected chi connectivity index (χ2v) is 5.32. The van der Waals surface area contributed by atoms with Gasteiger partial charge in [0.05, 0.1) is 6.20 Å². The maximum atomic E-state index is 13.8. The highest BCUT2D eigenvalue weighted by molar-refractivity contribution is 5.36. The highest BCUT2D eigenvalue weighted by Gasteiger charge is 2.28. The van der Waals surface area contributed by atoms with Crippen LogP contribution in [0.2, 0.25) is 0 Å². The summed E-state index contributed by atoms with van der Waals surface area (Å²) in [6.45, 7) is 1.83. The number of nitrogens with one attached hydrogen (secondary N) is 1. The molecule has 0 aliphatic carbocycles. The molecule has 0 bridgehead atoms. The molecule has 2 heterocycles. The summed E-state index contributed by atoms with van der Waals surface area (Å²) in [4.78, 5) is 2.06. The number of rotatable bonds is 3. The third kappa shape index (κ3) is 2.73. The molecule has 0 saturated carbocycles. The first-order valence-corrected chi connectivity index (χ1v) is 6.69. The van der Waals surface area contributed by atoms with Crippen molar-refractivity contribution in [2.45, 2.75) is 18.9 Å². The lowest BCUT2D eigenvalue weighted by molar-refractivity contribution is 0.326. The van der Waals surface area contributed by atoms with Crippen molar-refractivity contribution in [2.75, 3.05) is 18.8 Å². The lowest BCUT2D eigenvalue weighted by Crippen LogP contribution is -2.20. The minimum absolute atomic E-state index is 0.107. The van der Waals surface area contributed by atoms with Gasteiger partial charge < -0.3 is 5.73 Å². The highest BCUT2D eigenvalue weighted by atomic mass is 19.2. The van der Waals surface area contributed by atoms with Crippen molar-refractivity contribution in [1.82, 2.24) is 15.1 Å². The predicted molar refractivity (Wildman–Crippen MR) is 72.0 cm³/mol. The summed E-state index contributed by atoms with van der Waals surface area (Å²) in [6, 6.07) is 1.65. The zero-order valence-electron chi connectivity index (χ0n) is 11.2. The van der Waals surface area contributed by atoms with Gasteiger partial charge in [-0.05, 0) is 24.6 Å². The fourth-order valence-electron chi connectivity index (χ4n) is 2.79. The fourth-order valence-corrected chi connectivity index (χ4v) is 2.79. The van der Waals surface area contributed by atoms with Crippen LogP contribution in [0.15, 0.2) is 18.3 Å². The van der Waals surface area contributed by atoms with Crippen molar-refractivity contribution < 1.29 is 13.2 Å². The van der Waals surface area contributed by atoms with Gasteiger partial charge in [-0.1, -0.05) is 0 Å². The van der Waals surface area contributed by atoms with Crippen molar-refractivity contribution in [3.63, 3.8) is 0 Å². The number of nitrogens with two attached hydrogens (primary N) is 1. The van der Waals surface area contributed by atoms with Crippen LogP contribution in [0.5, 0.6) is 0 Å². The van der Waals surface area contributed by atoms with Gasteiger partial charge in [0.2, 0.25) is 0 Å². The van der Waals surface area contributed by atoms with Gasteiger partial charge in [-0.3, -0.25) is 10.00 Å². The molecule has 4 nitrogen and oxygen atoms in total. The Morgan fingerprint density at radius 2 is 2.14 bits per heavy atom. The molecule has 1 saturated heterocycles. The third-order valence-electron chi connectivity index (χ3n) is 3.88. The van der Waals surface area contributed by atoms with E-state index in [1.165, 1.54) is 0 Å². The van der Waals surface area contributed by atoms with Crippen LogP contribution in [0.25, 0.3) is 0 Å². The summed E-state index contributed by atoms with van der Waals surface area (Å²) < 4.78 is 40.4. The number of hydrogen-bond acceptors (Lipinski definition) is 3. The number of likely N-dealkylation sites (tertiary alicyclic amines) is 1. The van der Waals surface area contributed by atoms with Gasteiger partial charge in [0.15, 0.2) is 11.6 Å². The number of benzene rings is 1. The maximum absolute atomic E-state index is 13.8. The van der Waals surface area contributed by atoms with Crippen LogP contribution in [-0.2, 0) is 6.54 Å². The Morgan fingerprint density at radius 1 is 1.33 bits per heavy atom. The van der Waals surface area contributed by atoms with E-state index in [0.717, 1.165) is 11.6 Å². The SMILES string of the molecule is Nc1[nH]ncc1CN1CCC(c2cc(F)cc(F)c2F)C1. The van der Waals surface area contributed by atoms with Crippen molar-refractivity contribution in [1.29, 1.82) is 0 Å².